The number of para-hydroxylation sites is 1. The van der Waals surface area contributed by atoms with Gasteiger partial charge in [0.15, 0.2) is 0 Å². The maximum Gasteiger partial charge on any atom is 1.00 e. The van der Waals surface area contributed by atoms with Gasteiger partial charge in [-0.2, -0.15) is 10.2 Å². The predicted molar refractivity (Wildman–Crippen MR) is 210 cm³/mol. The third-order valence-electron chi connectivity index (χ3n) is 8.58. The van der Waals surface area contributed by atoms with Crippen LogP contribution in [0.1, 0.15) is 31.8 Å². The molecule has 5 aromatic rings. The standard InChI is InChI=1S/C37H26N6O12S3.3Na/c44-35-29-12-9-25(15-22(29)18-31(57(50,51)52)33(35)42-40-24-4-2-1-3-5-24)38-37(46)39-26-10-13-30-23(16-26)19-32(58(53,54)55)34(36(30)45)43-41-27-8-6-21-17-28(56(47,48)49)11-7-20(21)14-27;;;/h1-19,40-41H,(H2,38,39,46)(H,47,48,49)(H,50,51,52)(H,53,54,55);;;/q;3*+1/p-3/b42-33+,43-34-;;;. The van der Waals surface area contributed by atoms with Crippen molar-refractivity contribution in [3.05, 3.63) is 135 Å². The summed E-state index contributed by atoms with van der Waals surface area (Å²) in [5.41, 5.74) is 4.35. The van der Waals surface area contributed by atoms with Crippen LogP contribution in [-0.4, -0.2) is 67.9 Å². The van der Waals surface area contributed by atoms with Crippen LogP contribution in [-0.2, 0) is 30.4 Å². The second-order valence-electron chi connectivity index (χ2n) is 12.5. The number of amides is 2. The predicted octanol–water partition coefficient (Wildman–Crippen LogP) is -4.50. The molecule has 24 heteroatoms. The van der Waals surface area contributed by atoms with Crippen LogP contribution in [0.25, 0.3) is 22.9 Å². The van der Waals surface area contributed by atoms with Crippen molar-refractivity contribution in [2.45, 2.75) is 4.90 Å². The number of allylic oxidation sites excluding steroid dienone is 2. The fourth-order valence-electron chi connectivity index (χ4n) is 5.92. The summed E-state index contributed by atoms with van der Waals surface area (Å²) in [6.07, 6.45) is 1.87. The van der Waals surface area contributed by atoms with Crippen molar-refractivity contribution < 1.29 is 142 Å². The van der Waals surface area contributed by atoms with E-state index in [0.717, 1.165) is 18.2 Å². The molecule has 2 amide bonds. The minimum atomic E-state index is -5.29. The molecule has 7 rings (SSSR count). The molecule has 0 radical (unpaired) electrons. The number of rotatable bonds is 9. The van der Waals surface area contributed by atoms with Gasteiger partial charge in [0.05, 0.1) is 26.1 Å². The average Bonchev–Trinajstić information content (AvgIpc) is 3.16. The molecule has 0 unspecified atom stereocenters. The molecule has 0 saturated carbocycles. The largest absolute Gasteiger partial charge is 1.00 e. The Bertz CT molecular complexity index is 3110. The van der Waals surface area contributed by atoms with Crippen molar-refractivity contribution in [3.8, 4) is 0 Å². The normalized spacial score (nSPS) is 14.9. The average molecular weight is 909 g/mol. The Balaban J connectivity index is 0.00000273. The Hall–Kier alpha value is -3.88. The monoisotopic (exact) mass is 908 g/mol. The fourth-order valence-corrected chi connectivity index (χ4v) is 7.72. The summed E-state index contributed by atoms with van der Waals surface area (Å²) in [6, 6.07) is 23.1. The molecule has 0 bridgehead atoms. The van der Waals surface area contributed by atoms with Gasteiger partial charge in [0.2, 0.25) is 11.6 Å². The zero-order chi connectivity index (χ0) is 41.6. The van der Waals surface area contributed by atoms with Crippen molar-refractivity contribution in [2.75, 3.05) is 21.5 Å². The van der Waals surface area contributed by atoms with Crippen LogP contribution in [0.2, 0.25) is 0 Å². The van der Waals surface area contributed by atoms with Gasteiger partial charge in [-0.25, -0.2) is 30.0 Å². The van der Waals surface area contributed by atoms with E-state index >= 15 is 0 Å². The number of nitrogens with zero attached hydrogens (tertiary/aromatic N) is 2. The first-order valence-electron chi connectivity index (χ1n) is 16.4. The molecule has 0 saturated heterocycles. The van der Waals surface area contributed by atoms with Crippen LogP contribution in [0.3, 0.4) is 0 Å². The van der Waals surface area contributed by atoms with Gasteiger partial charge >= 0.3 is 94.7 Å². The van der Waals surface area contributed by atoms with Gasteiger partial charge in [-0.15, -0.1) is 0 Å². The van der Waals surface area contributed by atoms with Crippen LogP contribution in [0.15, 0.2) is 128 Å². The van der Waals surface area contributed by atoms with Crippen molar-refractivity contribution in [1.29, 1.82) is 0 Å². The number of benzene rings is 5. The number of carbonyl (C=O) groups is 3. The molecule has 0 spiro atoms. The number of nitrogens with one attached hydrogen (secondary N) is 4. The van der Waals surface area contributed by atoms with Crippen LogP contribution in [0.5, 0.6) is 0 Å². The Morgan fingerprint density at radius 2 is 0.934 bits per heavy atom. The number of Topliss-reactive ketones (excluding diaryl/α,β-unsaturated/α-hetero) is 2. The summed E-state index contributed by atoms with van der Waals surface area (Å²) in [7, 11) is -15.2. The number of hydrogen-bond acceptors (Lipinski definition) is 16. The van der Waals surface area contributed by atoms with E-state index in [4.69, 9.17) is 0 Å². The molecule has 2 aliphatic carbocycles. The van der Waals surface area contributed by atoms with E-state index in [9.17, 15) is 53.3 Å². The van der Waals surface area contributed by atoms with E-state index < -0.39 is 74.1 Å². The van der Waals surface area contributed by atoms with Crippen LogP contribution >= 0.6 is 0 Å². The Morgan fingerprint density at radius 1 is 0.492 bits per heavy atom. The topological polar surface area (TPSA) is 296 Å². The molecule has 0 fully saturated rings. The van der Waals surface area contributed by atoms with E-state index in [2.05, 4.69) is 31.7 Å². The van der Waals surface area contributed by atoms with E-state index in [-0.39, 0.29) is 128 Å². The minimum Gasteiger partial charge on any atom is -0.744 e. The van der Waals surface area contributed by atoms with Gasteiger partial charge in [0.1, 0.15) is 41.8 Å². The zero-order valence-corrected chi connectivity index (χ0v) is 40.4. The maximum absolute atomic E-state index is 13.5. The van der Waals surface area contributed by atoms with E-state index in [1.807, 2.05) is 0 Å². The van der Waals surface area contributed by atoms with Crippen LogP contribution < -0.4 is 110 Å². The Labute approximate surface area is 414 Å². The second-order valence-corrected chi connectivity index (χ2v) is 16.5. The molecule has 61 heavy (non-hydrogen) atoms. The van der Waals surface area contributed by atoms with Gasteiger partial charge in [-0.05, 0) is 107 Å². The number of ketones is 2. The molecule has 0 atom stereocenters. The summed E-state index contributed by atoms with van der Waals surface area (Å²) in [5, 5.41) is 13.6. The molecule has 18 nitrogen and oxygen atoms in total. The molecule has 4 N–H and O–H groups in total. The van der Waals surface area contributed by atoms with E-state index in [1.54, 1.807) is 30.3 Å². The van der Waals surface area contributed by atoms with Crippen LogP contribution in [0, 0.1) is 0 Å². The minimum absolute atomic E-state index is 0. The van der Waals surface area contributed by atoms with Gasteiger partial charge in [0, 0.05) is 22.5 Å². The summed E-state index contributed by atoms with van der Waals surface area (Å²) in [4.78, 5) is 37.4. The van der Waals surface area contributed by atoms with Crippen molar-refractivity contribution in [1.82, 2.24) is 0 Å². The first-order chi connectivity index (χ1) is 27.3. The SMILES string of the molecule is O=C(Nc1ccc2c(c1)C=C(S(=O)(=O)[O-])/C(=N\Nc1ccccc1)C2=O)Nc1ccc2c(c1)C=C(S(=O)(=O)[O-])/C(=N/Nc1ccc3cc(S(=O)(=O)[O-])ccc3c1)C2=O.[Na+].[Na+].[Na+]. The van der Waals surface area contributed by atoms with Gasteiger partial charge in [-0.3, -0.25) is 20.4 Å². The molecule has 5 aromatic carbocycles. The number of urea groups is 1. The number of hydrogen-bond donors (Lipinski definition) is 4. The van der Waals surface area contributed by atoms with Gasteiger partial charge < -0.3 is 24.3 Å². The third-order valence-corrected chi connectivity index (χ3v) is 11.1. The summed E-state index contributed by atoms with van der Waals surface area (Å²) in [6.45, 7) is 0. The first kappa shape index (κ1) is 49.8. The molecule has 294 valence electrons. The number of fused-ring (bicyclic) bond motifs is 3. The number of anilines is 4. The van der Waals surface area contributed by atoms with Crippen molar-refractivity contribution >= 4 is 105 Å². The maximum atomic E-state index is 13.5. The molecule has 0 heterocycles. The quantitative estimate of drug-likeness (QED) is 0.0616. The van der Waals surface area contributed by atoms with Gasteiger partial charge in [-0.1, -0.05) is 30.3 Å². The van der Waals surface area contributed by atoms with Crippen molar-refractivity contribution in [2.24, 2.45) is 10.2 Å². The smallest absolute Gasteiger partial charge is 0.744 e. The second kappa shape index (κ2) is 19.7. The Morgan fingerprint density at radius 3 is 1.41 bits per heavy atom. The summed E-state index contributed by atoms with van der Waals surface area (Å²) < 4.78 is 107. The van der Waals surface area contributed by atoms with Gasteiger partial charge in [0.25, 0.3) is 0 Å². The molecule has 2 aliphatic rings. The Kier molecular flexibility index (Phi) is 16.0. The number of carbonyl (C=O) groups excluding carboxylic acids is 3. The molecular formula is C37H23N6Na3O12S3. The number of hydrazone groups is 2. The third kappa shape index (κ3) is 11.4. The summed E-state index contributed by atoms with van der Waals surface area (Å²) >= 11 is 0. The first-order valence-corrected chi connectivity index (χ1v) is 20.6. The van der Waals surface area contributed by atoms with E-state index in [0.29, 0.717) is 16.5 Å². The molecular weight excluding hydrogens is 886 g/mol. The zero-order valence-electron chi connectivity index (χ0n) is 32.0. The van der Waals surface area contributed by atoms with Crippen molar-refractivity contribution in [3.63, 3.8) is 0 Å². The summed E-state index contributed by atoms with van der Waals surface area (Å²) in [5.74, 6) is -1.81. The fraction of sp³-hybridized carbons (Fsp3) is 0. The van der Waals surface area contributed by atoms with Crippen LogP contribution in [0.4, 0.5) is 27.5 Å². The molecule has 0 aromatic heterocycles. The van der Waals surface area contributed by atoms with E-state index in [1.165, 1.54) is 66.7 Å². The molecule has 0 aliphatic heterocycles.